The second-order valence-electron chi connectivity index (χ2n) is 6.78. The number of aromatic nitrogens is 5. The number of nitrogens with one attached hydrogen (secondary N) is 1. The average Bonchev–Trinajstić information content (AvgIpc) is 3.23. The Morgan fingerprint density at radius 3 is 2.67 bits per heavy atom. The van der Waals surface area contributed by atoms with E-state index < -0.39 is 0 Å². The first-order valence-electron chi connectivity index (χ1n) is 9.31. The molecule has 0 aliphatic rings. The van der Waals surface area contributed by atoms with Crippen LogP contribution >= 0.6 is 0 Å². The van der Waals surface area contributed by atoms with Crippen molar-refractivity contribution in [3.8, 4) is 5.69 Å². The normalized spacial score (nSPS) is 11.4. The zero-order valence-electron chi connectivity index (χ0n) is 15.3. The summed E-state index contributed by atoms with van der Waals surface area (Å²) in [5, 5.41) is 7.34. The van der Waals surface area contributed by atoms with E-state index in [1.54, 1.807) is 0 Å². The molecule has 1 N–H and O–H groups in total. The molecule has 0 aliphatic carbocycles. The Morgan fingerprint density at radius 1 is 1.04 bits per heavy atom. The van der Waals surface area contributed by atoms with Crippen LogP contribution in [0.4, 0.5) is 0 Å². The number of fused-ring (bicyclic) bond motifs is 1. The number of para-hydroxylation sites is 1. The summed E-state index contributed by atoms with van der Waals surface area (Å²) in [7, 11) is 0. The standard InChI is InChI=1S/C21H23N5.Pt/c1-17-14-18(24-23-17)8-4-3-7-13-25-16-26(19-9-5-2-6-10-19)21-15-22-12-11-20(21)25;/h2,5-6,9-12,14-15H,3-4,7-8,13H2,1H3,(H,23,24);. The van der Waals surface area contributed by atoms with Crippen LogP contribution in [-0.2, 0) is 32.3 Å². The third kappa shape index (κ3) is 3.88. The number of hydrogen-bond acceptors (Lipinski definition) is 2. The summed E-state index contributed by atoms with van der Waals surface area (Å²) in [6, 6.07) is 14.7. The van der Waals surface area contributed by atoms with Gasteiger partial charge in [0.2, 0.25) is 0 Å². The van der Waals surface area contributed by atoms with Crippen molar-refractivity contribution in [1.29, 1.82) is 0 Å². The van der Waals surface area contributed by atoms with Crippen LogP contribution in [0.15, 0.2) is 54.9 Å². The van der Waals surface area contributed by atoms with Crippen LogP contribution in [0.25, 0.3) is 16.7 Å². The van der Waals surface area contributed by atoms with Gasteiger partial charge in [-0.2, -0.15) is 0 Å². The van der Waals surface area contributed by atoms with Crippen LogP contribution in [0.1, 0.15) is 30.7 Å². The second kappa shape index (κ2) is 8.18. The van der Waals surface area contributed by atoms with E-state index in [2.05, 4.69) is 86.1 Å². The van der Waals surface area contributed by atoms with Gasteiger partial charge < -0.3 is 0 Å². The SMILES string of the molecule is Cc1cc(CCCCCn2[c](=[Pt])n(-c3ccccc3)c3cnccc32)n[nH]1. The van der Waals surface area contributed by atoms with Crippen molar-refractivity contribution < 1.29 is 19.4 Å². The molecule has 4 aromatic rings. The van der Waals surface area contributed by atoms with Gasteiger partial charge >= 0.3 is 170 Å². The molecule has 3 heterocycles. The number of aromatic amines is 1. The van der Waals surface area contributed by atoms with Gasteiger partial charge in [-0.1, -0.05) is 0 Å². The molecule has 6 heteroatoms. The van der Waals surface area contributed by atoms with Gasteiger partial charge in [0.25, 0.3) is 0 Å². The molecule has 0 bridgehead atoms. The summed E-state index contributed by atoms with van der Waals surface area (Å²) >= 11 is 2.44. The molecule has 0 unspecified atom stereocenters. The van der Waals surface area contributed by atoms with E-state index in [0.29, 0.717) is 0 Å². The molecule has 0 radical (unpaired) electrons. The van der Waals surface area contributed by atoms with Crippen molar-refractivity contribution in [3.63, 3.8) is 0 Å². The van der Waals surface area contributed by atoms with Gasteiger partial charge in [0, 0.05) is 0 Å². The fourth-order valence-corrected chi connectivity index (χ4v) is 4.55. The minimum atomic E-state index is 1.01. The third-order valence-electron chi connectivity index (χ3n) is 4.77. The molecule has 0 atom stereocenters. The van der Waals surface area contributed by atoms with Crippen molar-refractivity contribution in [2.24, 2.45) is 0 Å². The zero-order valence-corrected chi connectivity index (χ0v) is 17.6. The van der Waals surface area contributed by atoms with E-state index in [0.717, 1.165) is 30.6 Å². The molecule has 0 aliphatic heterocycles. The molecule has 27 heavy (non-hydrogen) atoms. The average molecular weight is 541 g/mol. The Bertz CT molecular complexity index is 1090. The molecular formula is C21H23N5Pt. The van der Waals surface area contributed by atoms with Gasteiger partial charge in [-0.15, -0.1) is 0 Å². The predicted octanol–water partition coefficient (Wildman–Crippen LogP) is 4.35. The fourth-order valence-electron chi connectivity index (χ4n) is 3.46. The van der Waals surface area contributed by atoms with Crippen LogP contribution in [0.3, 0.4) is 0 Å². The van der Waals surface area contributed by atoms with Crippen LogP contribution < -0.4 is 0 Å². The number of rotatable bonds is 7. The number of unbranched alkanes of at least 4 members (excludes halogenated alkanes) is 2. The maximum atomic E-state index is 4.35. The molecule has 5 nitrogen and oxygen atoms in total. The third-order valence-corrected chi connectivity index (χ3v) is 5.90. The Morgan fingerprint density at radius 2 is 1.89 bits per heavy atom. The Hall–Kier alpha value is -2.26. The molecular weight excluding hydrogens is 517 g/mol. The quantitative estimate of drug-likeness (QED) is 0.355. The summed E-state index contributed by atoms with van der Waals surface area (Å²) < 4.78 is 5.91. The summed E-state index contributed by atoms with van der Waals surface area (Å²) in [4.78, 5) is 4.35. The van der Waals surface area contributed by atoms with E-state index >= 15 is 0 Å². The molecule has 0 fully saturated rings. The molecule has 0 spiro atoms. The van der Waals surface area contributed by atoms with Crippen LogP contribution in [0.5, 0.6) is 0 Å². The van der Waals surface area contributed by atoms with E-state index in [1.165, 1.54) is 33.5 Å². The van der Waals surface area contributed by atoms with Crippen LogP contribution in [-0.4, -0.2) is 24.3 Å². The Kier molecular flexibility index (Phi) is 5.49. The maximum absolute atomic E-state index is 4.35. The molecule has 0 saturated carbocycles. The molecule has 0 amide bonds. The molecule has 1 aromatic carbocycles. The monoisotopic (exact) mass is 540 g/mol. The number of pyridine rings is 1. The zero-order chi connectivity index (χ0) is 18.6. The minimum absolute atomic E-state index is 1.01. The Balaban J connectivity index is 1.50. The van der Waals surface area contributed by atoms with Gasteiger partial charge in [0.05, 0.1) is 0 Å². The predicted molar refractivity (Wildman–Crippen MR) is 103 cm³/mol. The van der Waals surface area contributed by atoms with E-state index in [1.807, 2.05) is 19.3 Å². The summed E-state index contributed by atoms with van der Waals surface area (Å²) in [5.74, 6) is 0. The number of aryl methyl sites for hydroxylation is 3. The molecule has 142 valence electrons. The van der Waals surface area contributed by atoms with E-state index in [4.69, 9.17) is 0 Å². The fraction of sp³-hybridized carbons (Fsp3) is 0.286. The second-order valence-corrected chi connectivity index (χ2v) is 7.80. The van der Waals surface area contributed by atoms with Crippen molar-refractivity contribution in [3.05, 3.63) is 70.1 Å². The van der Waals surface area contributed by atoms with Crippen molar-refractivity contribution in [2.45, 2.75) is 39.2 Å². The molecule has 4 rings (SSSR count). The number of nitrogens with zero attached hydrogens (tertiary/aromatic N) is 4. The summed E-state index contributed by atoms with van der Waals surface area (Å²) in [6.45, 7) is 3.06. The van der Waals surface area contributed by atoms with Gasteiger partial charge in [0.15, 0.2) is 0 Å². The van der Waals surface area contributed by atoms with Crippen LogP contribution in [0.2, 0.25) is 0 Å². The number of H-pyrrole nitrogens is 1. The van der Waals surface area contributed by atoms with E-state index in [9.17, 15) is 0 Å². The van der Waals surface area contributed by atoms with Gasteiger partial charge in [-0.25, -0.2) is 0 Å². The number of imidazole rings is 1. The molecule has 3 aromatic heterocycles. The first kappa shape index (κ1) is 18.1. The van der Waals surface area contributed by atoms with E-state index in [-0.39, 0.29) is 0 Å². The van der Waals surface area contributed by atoms with Crippen molar-refractivity contribution in [2.75, 3.05) is 0 Å². The Labute approximate surface area is 169 Å². The van der Waals surface area contributed by atoms with Gasteiger partial charge in [-0.3, -0.25) is 0 Å². The topological polar surface area (TPSA) is 51.4 Å². The van der Waals surface area contributed by atoms with Crippen molar-refractivity contribution in [1.82, 2.24) is 24.3 Å². The first-order chi connectivity index (χ1) is 13.2. The molecule has 0 saturated heterocycles. The summed E-state index contributed by atoms with van der Waals surface area (Å²) in [6.07, 6.45) is 8.40. The van der Waals surface area contributed by atoms with Crippen molar-refractivity contribution >= 4 is 11.0 Å². The number of benzene rings is 1. The van der Waals surface area contributed by atoms with Gasteiger partial charge in [0.1, 0.15) is 0 Å². The van der Waals surface area contributed by atoms with Crippen LogP contribution in [0, 0.1) is 10.7 Å². The summed E-state index contributed by atoms with van der Waals surface area (Å²) in [5.41, 5.74) is 5.87. The van der Waals surface area contributed by atoms with Gasteiger partial charge in [-0.05, 0) is 0 Å². The number of hydrogen-bond donors (Lipinski definition) is 1. The first-order valence-corrected chi connectivity index (χ1v) is 10.4.